The number of aliphatic carboxylic acids is 1. The lowest BCUT2D eigenvalue weighted by Crippen LogP contribution is -2.34. The molecule has 0 radical (unpaired) electrons. The smallest absolute Gasteiger partial charge is 0.304 e. The number of benzene rings is 1. The number of rotatable bonds is 12. The van der Waals surface area contributed by atoms with Crippen molar-refractivity contribution in [3.63, 3.8) is 0 Å². The van der Waals surface area contributed by atoms with Crippen molar-refractivity contribution in [2.24, 2.45) is 0 Å². The molecule has 5 nitrogen and oxygen atoms in total. The number of alkyl halides is 2. The monoisotopic (exact) mass is 427 g/mol. The Bertz CT molecular complexity index is 699. The number of carbonyl (C=O) groups is 2. The van der Waals surface area contributed by atoms with Crippen molar-refractivity contribution in [1.82, 2.24) is 4.90 Å². The number of halogens is 2. The van der Waals surface area contributed by atoms with Gasteiger partial charge in [0.15, 0.2) is 0 Å². The third-order valence-corrected chi connectivity index (χ3v) is 5.89. The average Bonchev–Trinajstić information content (AvgIpc) is 3.05. The standard InChI is InChI=1S/C21H27F2NO4S/c22-21(23,16-6-2-1-3-7-16)18(25)10-8-17-9-11-19(26)24(17)13-4-5-14-29-15-12-20(27)28/h1-3,6-8,10,17-18,25H,4-5,9,11-15H2,(H,27,28)/b10-8+/t17-,18?/m0/s1. The van der Waals surface area contributed by atoms with Crippen LogP contribution in [0.3, 0.4) is 0 Å². The summed E-state index contributed by atoms with van der Waals surface area (Å²) >= 11 is 1.57. The predicted molar refractivity (Wildman–Crippen MR) is 109 cm³/mol. The maximum Gasteiger partial charge on any atom is 0.304 e. The molecule has 1 saturated heterocycles. The van der Waals surface area contributed by atoms with Gasteiger partial charge in [0.25, 0.3) is 0 Å². The van der Waals surface area contributed by atoms with Crippen molar-refractivity contribution in [3.05, 3.63) is 48.0 Å². The summed E-state index contributed by atoms with van der Waals surface area (Å²) in [7, 11) is 0. The zero-order valence-corrected chi connectivity index (χ0v) is 17.0. The Hall–Kier alpha value is -1.93. The normalized spacial score (nSPS) is 18.5. The van der Waals surface area contributed by atoms with Gasteiger partial charge in [-0.15, -0.1) is 0 Å². The Kier molecular flexibility index (Phi) is 9.10. The highest BCUT2D eigenvalue weighted by Crippen LogP contribution is 2.32. The number of nitrogens with zero attached hydrogens (tertiary/aromatic N) is 1. The van der Waals surface area contributed by atoms with Gasteiger partial charge in [0.05, 0.1) is 12.5 Å². The van der Waals surface area contributed by atoms with Crippen LogP contribution in [0.1, 0.15) is 37.7 Å². The molecular formula is C21H27F2NO4S. The molecule has 1 aromatic carbocycles. The zero-order chi connectivity index (χ0) is 21.3. The van der Waals surface area contributed by atoms with Gasteiger partial charge in [0.1, 0.15) is 6.10 Å². The second kappa shape index (κ2) is 11.3. The molecular weight excluding hydrogens is 400 g/mol. The van der Waals surface area contributed by atoms with Crippen LogP contribution in [0.25, 0.3) is 0 Å². The van der Waals surface area contributed by atoms with Crippen molar-refractivity contribution in [3.8, 4) is 0 Å². The van der Waals surface area contributed by atoms with E-state index in [0.29, 0.717) is 25.1 Å². The molecule has 160 valence electrons. The predicted octanol–water partition coefficient (Wildman–Crippen LogP) is 3.67. The van der Waals surface area contributed by atoms with Crippen LogP contribution in [0.2, 0.25) is 0 Å². The van der Waals surface area contributed by atoms with Gasteiger partial charge in [0, 0.05) is 24.3 Å². The van der Waals surface area contributed by atoms with Gasteiger partial charge in [-0.25, -0.2) is 0 Å². The van der Waals surface area contributed by atoms with Crippen molar-refractivity contribution in [1.29, 1.82) is 0 Å². The number of unbranched alkanes of at least 4 members (excludes halogenated alkanes) is 1. The van der Waals surface area contributed by atoms with E-state index in [1.165, 1.54) is 30.3 Å². The lowest BCUT2D eigenvalue weighted by Gasteiger charge is -2.24. The summed E-state index contributed by atoms with van der Waals surface area (Å²) in [5.41, 5.74) is -0.253. The Labute approximate surface area is 173 Å². The number of likely N-dealkylation sites (tertiary alicyclic amines) is 1. The minimum absolute atomic E-state index is 0.0116. The van der Waals surface area contributed by atoms with E-state index in [2.05, 4.69) is 0 Å². The average molecular weight is 428 g/mol. The van der Waals surface area contributed by atoms with Gasteiger partial charge in [-0.2, -0.15) is 20.5 Å². The van der Waals surface area contributed by atoms with E-state index < -0.39 is 18.0 Å². The molecule has 1 aliphatic rings. The molecule has 0 aromatic heterocycles. The molecule has 1 heterocycles. The molecule has 1 aromatic rings. The van der Waals surface area contributed by atoms with Crippen molar-refractivity contribution < 1.29 is 28.6 Å². The van der Waals surface area contributed by atoms with Crippen LogP contribution >= 0.6 is 11.8 Å². The van der Waals surface area contributed by atoms with Crippen LogP contribution in [0, 0.1) is 0 Å². The van der Waals surface area contributed by atoms with Crippen LogP contribution in [0.4, 0.5) is 8.78 Å². The van der Waals surface area contributed by atoms with Crippen LogP contribution in [-0.2, 0) is 15.5 Å². The van der Waals surface area contributed by atoms with Gasteiger partial charge in [-0.3, -0.25) is 9.59 Å². The molecule has 1 aliphatic heterocycles. The number of thioether (sulfide) groups is 1. The van der Waals surface area contributed by atoms with Crippen LogP contribution < -0.4 is 0 Å². The number of hydrogen-bond donors (Lipinski definition) is 2. The number of aliphatic hydroxyl groups excluding tert-OH is 1. The summed E-state index contributed by atoms with van der Waals surface area (Å²) in [6.07, 6.45) is 3.29. The van der Waals surface area contributed by atoms with E-state index in [1.807, 2.05) is 0 Å². The van der Waals surface area contributed by atoms with E-state index in [1.54, 1.807) is 22.7 Å². The number of amides is 1. The van der Waals surface area contributed by atoms with Gasteiger partial charge >= 0.3 is 11.9 Å². The van der Waals surface area contributed by atoms with Crippen molar-refractivity contribution in [2.45, 2.75) is 50.2 Å². The molecule has 2 N–H and O–H groups in total. The van der Waals surface area contributed by atoms with E-state index in [9.17, 15) is 23.5 Å². The summed E-state index contributed by atoms with van der Waals surface area (Å²) < 4.78 is 28.8. The first-order chi connectivity index (χ1) is 13.8. The lowest BCUT2D eigenvalue weighted by molar-refractivity contribution is -0.136. The minimum Gasteiger partial charge on any atom is -0.481 e. The number of hydrogen-bond acceptors (Lipinski definition) is 4. The number of carboxylic acid groups (broad SMARTS) is 1. The molecule has 1 amide bonds. The summed E-state index contributed by atoms with van der Waals surface area (Å²) in [5, 5.41) is 18.6. The molecule has 0 spiro atoms. The molecule has 2 rings (SSSR count). The molecule has 0 saturated carbocycles. The maximum absolute atomic E-state index is 14.4. The highest BCUT2D eigenvalue weighted by molar-refractivity contribution is 7.99. The second-order valence-corrected chi connectivity index (χ2v) is 8.20. The lowest BCUT2D eigenvalue weighted by atomic mass is 10.0. The summed E-state index contributed by atoms with van der Waals surface area (Å²) in [5.74, 6) is -2.84. The van der Waals surface area contributed by atoms with Gasteiger partial charge < -0.3 is 15.1 Å². The Balaban J connectivity index is 1.82. The number of carboxylic acids is 1. The van der Waals surface area contributed by atoms with Crippen LogP contribution in [-0.4, -0.2) is 57.2 Å². The molecule has 1 unspecified atom stereocenters. The van der Waals surface area contributed by atoms with Gasteiger partial charge in [-0.05, 0) is 25.0 Å². The third kappa shape index (κ3) is 7.12. The largest absolute Gasteiger partial charge is 0.481 e. The minimum atomic E-state index is -3.40. The third-order valence-electron chi connectivity index (χ3n) is 4.82. The first-order valence-electron chi connectivity index (χ1n) is 9.71. The van der Waals surface area contributed by atoms with Crippen LogP contribution in [0.5, 0.6) is 0 Å². The molecule has 8 heteroatoms. The number of carbonyl (C=O) groups excluding carboxylic acids is 1. The highest BCUT2D eigenvalue weighted by Gasteiger charge is 2.39. The molecule has 29 heavy (non-hydrogen) atoms. The van der Waals surface area contributed by atoms with E-state index >= 15 is 0 Å². The molecule has 2 atom stereocenters. The quantitative estimate of drug-likeness (QED) is 0.393. The summed E-state index contributed by atoms with van der Waals surface area (Å²) in [6, 6.07) is 6.89. The van der Waals surface area contributed by atoms with E-state index in [4.69, 9.17) is 5.11 Å². The van der Waals surface area contributed by atoms with E-state index in [-0.39, 0.29) is 23.9 Å². The van der Waals surface area contributed by atoms with Gasteiger partial charge in [0.2, 0.25) is 5.91 Å². The topological polar surface area (TPSA) is 77.8 Å². The second-order valence-electron chi connectivity index (χ2n) is 6.98. The molecule has 0 bridgehead atoms. The fourth-order valence-corrected chi connectivity index (χ4v) is 4.11. The first kappa shape index (κ1) is 23.3. The van der Waals surface area contributed by atoms with Crippen LogP contribution in [0.15, 0.2) is 42.5 Å². The van der Waals surface area contributed by atoms with E-state index in [0.717, 1.165) is 24.7 Å². The fourth-order valence-electron chi connectivity index (χ4n) is 3.18. The molecule has 0 aliphatic carbocycles. The molecule has 1 fully saturated rings. The zero-order valence-electron chi connectivity index (χ0n) is 16.2. The van der Waals surface area contributed by atoms with Crippen molar-refractivity contribution in [2.75, 3.05) is 18.1 Å². The van der Waals surface area contributed by atoms with Gasteiger partial charge in [-0.1, -0.05) is 42.5 Å². The Morgan fingerprint density at radius 1 is 1.28 bits per heavy atom. The SMILES string of the molecule is O=C(O)CCSCCCCN1C(=O)CC[C@@H]1/C=C/C(O)C(F)(F)c1ccccc1. The summed E-state index contributed by atoms with van der Waals surface area (Å²) in [6.45, 7) is 0.526. The highest BCUT2D eigenvalue weighted by atomic mass is 32.2. The first-order valence-corrected chi connectivity index (χ1v) is 10.9. The Morgan fingerprint density at radius 3 is 2.69 bits per heavy atom. The summed E-state index contributed by atoms with van der Waals surface area (Å²) in [4.78, 5) is 24.2. The maximum atomic E-state index is 14.4. The fraction of sp³-hybridized carbons (Fsp3) is 0.524. The van der Waals surface area contributed by atoms with Crippen molar-refractivity contribution >= 4 is 23.6 Å². The Morgan fingerprint density at radius 2 is 2.00 bits per heavy atom. The number of aliphatic hydroxyl groups is 1.